The number of aromatic nitrogens is 1. The van der Waals surface area contributed by atoms with Crippen LogP contribution in [0.2, 0.25) is 0 Å². The minimum absolute atomic E-state index is 0.453. The van der Waals surface area contributed by atoms with Crippen LogP contribution in [-0.2, 0) is 17.2 Å². The smallest absolute Gasteiger partial charge is 0.162 e. The third kappa shape index (κ3) is 3.75. The zero-order chi connectivity index (χ0) is 18.5. The van der Waals surface area contributed by atoms with Crippen molar-refractivity contribution in [3.05, 3.63) is 54.2 Å². The Hall–Kier alpha value is -2.73. The molecule has 0 aliphatic carbocycles. The Labute approximate surface area is 155 Å². The van der Waals surface area contributed by atoms with E-state index in [1.807, 2.05) is 36.4 Å². The number of benzene rings is 2. The van der Waals surface area contributed by atoms with Crippen LogP contribution in [0.5, 0.6) is 11.5 Å². The van der Waals surface area contributed by atoms with E-state index in [1.165, 1.54) is 0 Å². The van der Waals surface area contributed by atoms with E-state index in [9.17, 15) is 4.21 Å². The number of nitrogens with zero attached hydrogens (tertiary/aromatic N) is 1. The van der Waals surface area contributed by atoms with Crippen LogP contribution in [0.4, 0.5) is 0 Å². The summed E-state index contributed by atoms with van der Waals surface area (Å²) in [5, 5.41) is 8.04. The van der Waals surface area contributed by atoms with Crippen molar-refractivity contribution in [1.29, 1.82) is 5.41 Å². The van der Waals surface area contributed by atoms with Crippen molar-refractivity contribution in [2.45, 2.75) is 6.42 Å². The van der Waals surface area contributed by atoms with Gasteiger partial charge in [-0.25, -0.2) is 0 Å². The van der Waals surface area contributed by atoms with Gasteiger partial charge in [0.2, 0.25) is 0 Å². The maximum atomic E-state index is 11.5. The van der Waals surface area contributed by atoms with Gasteiger partial charge in [0.15, 0.2) is 11.5 Å². The maximum Gasteiger partial charge on any atom is 0.162 e. The second kappa shape index (κ2) is 8.10. The van der Waals surface area contributed by atoms with Crippen LogP contribution in [-0.4, -0.2) is 34.7 Å². The molecule has 134 valence electrons. The standard InChI is InChI=1S/C20H20N2O3S/c1-24-19-11-17-16(6-8-22-18(17)12-20(19)25-2)15-5-3-4-14(10-15)7-9-26(23)13-21/h3-6,8,10-13,21H,7,9H2,1-2H3. The molecular weight excluding hydrogens is 348 g/mol. The van der Waals surface area contributed by atoms with Crippen LogP contribution in [0.3, 0.4) is 0 Å². The number of methoxy groups -OCH3 is 2. The van der Waals surface area contributed by atoms with Crippen LogP contribution in [0.15, 0.2) is 48.7 Å². The highest BCUT2D eigenvalue weighted by Crippen LogP contribution is 2.36. The molecule has 3 aromatic rings. The van der Waals surface area contributed by atoms with Gasteiger partial charge in [0.1, 0.15) is 0 Å². The van der Waals surface area contributed by atoms with E-state index in [-0.39, 0.29) is 0 Å². The maximum absolute atomic E-state index is 11.5. The summed E-state index contributed by atoms with van der Waals surface area (Å²) in [5.74, 6) is 1.76. The van der Waals surface area contributed by atoms with Gasteiger partial charge in [0, 0.05) is 23.4 Å². The Morgan fingerprint density at radius 2 is 1.88 bits per heavy atom. The average Bonchev–Trinajstić information content (AvgIpc) is 2.70. The van der Waals surface area contributed by atoms with E-state index >= 15 is 0 Å². The first-order valence-corrected chi connectivity index (χ1v) is 9.52. The van der Waals surface area contributed by atoms with Gasteiger partial charge < -0.3 is 9.47 Å². The summed E-state index contributed by atoms with van der Waals surface area (Å²) in [6.45, 7) is 0. The van der Waals surface area contributed by atoms with Gasteiger partial charge in [0.25, 0.3) is 0 Å². The molecule has 6 heteroatoms. The number of fused-ring (bicyclic) bond motifs is 1. The SMILES string of the molecule is COc1cc2nccc(-c3cccc(CCS(=O)C=N)c3)c2cc1OC. The summed E-state index contributed by atoms with van der Waals surface area (Å²) in [6.07, 6.45) is 2.44. The lowest BCUT2D eigenvalue weighted by Crippen LogP contribution is -2.01. The molecule has 0 amide bonds. The van der Waals surface area contributed by atoms with Gasteiger partial charge in [-0.05, 0) is 35.2 Å². The minimum atomic E-state index is -1.21. The quantitative estimate of drug-likeness (QED) is 0.508. The predicted molar refractivity (Wildman–Crippen MR) is 106 cm³/mol. The fraction of sp³-hybridized carbons (Fsp3) is 0.200. The van der Waals surface area contributed by atoms with E-state index in [0.717, 1.165) is 33.1 Å². The highest BCUT2D eigenvalue weighted by Gasteiger charge is 2.11. The highest BCUT2D eigenvalue weighted by molar-refractivity contribution is 7.98. The van der Waals surface area contributed by atoms with E-state index in [1.54, 1.807) is 20.4 Å². The van der Waals surface area contributed by atoms with Crippen molar-refractivity contribution in [2.75, 3.05) is 20.0 Å². The lowest BCUT2D eigenvalue weighted by atomic mass is 9.98. The van der Waals surface area contributed by atoms with Gasteiger partial charge in [-0.15, -0.1) is 0 Å². The second-order valence-corrected chi connectivity index (χ2v) is 7.14. The molecule has 1 unspecified atom stereocenters. The number of rotatable bonds is 7. The number of hydrogen-bond acceptors (Lipinski definition) is 5. The molecular formula is C20H20N2O3S. The molecule has 0 fully saturated rings. The van der Waals surface area contributed by atoms with Crippen molar-refractivity contribution < 1.29 is 13.7 Å². The van der Waals surface area contributed by atoms with Crippen LogP contribution in [0.1, 0.15) is 5.56 Å². The molecule has 1 N–H and O–H groups in total. The molecule has 26 heavy (non-hydrogen) atoms. The second-order valence-electron chi connectivity index (χ2n) is 5.74. The van der Waals surface area contributed by atoms with E-state index < -0.39 is 10.8 Å². The Kier molecular flexibility index (Phi) is 5.63. The summed E-state index contributed by atoms with van der Waals surface area (Å²) in [4.78, 5) is 4.44. The third-order valence-corrected chi connectivity index (χ3v) is 5.08. The van der Waals surface area contributed by atoms with Crippen molar-refractivity contribution in [3.63, 3.8) is 0 Å². The Balaban J connectivity index is 2.05. The van der Waals surface area contributed by atoms with Crippen LogP contribution in [0.25, 0.3) is 22.0 Å². The number of ether oxygens (including phenoxy) is 2. The highest BCUT2D eigenvalue weighted by atomic mass is 32.2. The average molecular weight is 368 g/mol. The van der Waals surface area contributed by atoms with Gasteiger partial charge in [0.05, 0.1) is 36.1 Å². The van der Waals surface area contributed by atoms with Crippen LogP contribution < -0.4 is 9.47 Å². The molecule has 1 aromatic heterocycles. The lowest BCUT2D eigenvalue weighted by molar-refractivity contribution is 0.356. The first kappa shape index (κ1) is 18.1. The number of aryl methyl sites for hydroxylation is 1. The fourth-order valence-electron chi connectivity index (χ4n) is 2.90. The van der Waals surface area contributed by atoms with E-state index in [0.29, 0.717) is 23.7 Å². The normalized spacial score (nSPS) is 11.9. The van der Waals surface area contributed by atoms with Gasteiger partial charge in [-0.3, -0.25) is 14.6 Å². The molecule has 1 atom stereocenters. The number of pyridine rings is 1. The summed E-state index contributed by atoms with van der Waals surface area (Å²) in [6, 6.07) is 13.9. The molecule has 0 bridgehead atoms. The molecule has 5 nitrogen and oxygen atoms in total. The van der Waals surface area contributed by atoms with Crippen molar-refractivity contribution >= 4 is 27.2 Å². The van der Waals surface area contributed by atoms with Crippen LogP contribution >= 0.6 is 0 Å². The van der Waals surface area contributed by atoms with Gasteiger partial charge >= 0.3 is 0 Å². The summed E-state index contributed by atoms with van der Waals surface area (Å²) < 4.78 is 22.3. The number of nitrogens with one attached hydrogen (secondary N) is 1. The monoisotopic (exact) mass is 368 g/mol. The van der Waals surface area contributed by atoms with E-state index in [4.69, 9.17) is 14.9 Å². The molecule has 0 aliphatic rings. The topological polar surface area (TPSA) is 72.3 Å². The third-order valence-electron chi connectivity index (χ3n) is 4.21. The first-order chi connectivity index (χ1) is 12.7. The molecule has 3 rings (SSSR count). The van der Waals surface area contributed by atoms with Crippen LogP contribution in [0, 0.1) is 5.41 Å². The Bertz CT molecular complexity index is 972. The molecule has 0 spiro atoms. The molecule has 2 aromatic carbocycles. The first-order valence-electron chi connectivity index (χ1n) is 8.14. The zero-order valence-electron chi connectivity index (χ0n) is 14.7. The summed E-state index contributed by atoms with van der Waals surface area (Å²) >= 11 is 0. The van der Waals surface area contributed by atoms with Crippen molar-refractivity contribution in [3.8, 4) is 22.6 Å². The number of hydrogen-bond donors (Lipinski definition) is 1. The molecule has 0 saturated carbocycles. The zero-order valence-corrected chi connectivity index (χ0v) is 15.5. The largest absolute Gasteiger partial charge is 0.493 e. The van der Waals surface area contributed by atoms with Gasteiger partial charge in [-0.1, -0.05) is 24.3 Å². The fourth-order valence-corrected chi connectivity index (χ4v) is 3.45. The molecule has 1 heterocycles. The molecule has 0 saturated heterocycles. The predicted octanol–water partition coefficient (Wildman–Crippen LogP) is 3.82. The van der Waals surface area contributed by atoms with Gasteiger partial charge in [-0.2, -0.15) is 0 Å². The minimum Gasteiger partial charge on any atom is -0.493 e. The summed E-state index contributed by atoms with van der Waals surface area (Å²) in [5.41, 5.74) is 5.01. The van der Waals surface area contributed by atoms with E-state index in [2.05, 4.69) is 11.1 Å². The summed E-state index contributed by atoms with van der Waals surface area (Å²) in [7, 11) is 2.01. The Morgan fingerprint density at radius 3 is 2.62 bits per heavy atom. The Morgan fingerprint density at radius 1 is 1.12 bits per heavy atom. The van der Waals surface area contributed by atoms with Crippen molar-refractivity contribution in [1.82, 2.24) is 4.98 Å². The lowest BCUT2D eigenvalue weighted by Gasteiger charge is -2.12. The molecule has 0 radical (unpaired) electrons. The van der Waals surface area contributed by atoms with Crippen molar-refractivity contribution in [2.24, 2.45) is 0 Å². The molecule has 0 aliphatic heterocycles.